The molecule has 1 aliphatic rings. The first-order valence-corrected chi connectivity index (χ1v) is 4.57. The fraction of sp³-hybridized carbons (Fsp3) is 1.00. The molecular weight excluding hydrogens is 138 g/mol. The predicted molar refractivity (Wildman–Crippen MR) is 46.5 cm³/mol. The van der Waals surface area contributed by atoms with Crippen LogP contribution in [0.15, 0.2) is 0 Å². The maximum Gasteiger partial charge on any atom is 0.0636 e. The van der Waals surface area contributed by atoms with Gasteiger partial charge in [0.2, 0.25) is 0 Å². The predicted octanol–water partition coefficient (Wildman–Crippen LogP) is 1.15. The third-order valence-corrected chi connectivity index (χ3v) is 2.65. The molecule has 0 amide bonds. The maximum atomic E-state index is 8.98. The SMILES string of the molecule is CCC1(CNC[C@@H](C)O)CC1. The van der Waals surface area contributed by atoms with E-state index >= 15 is 0 Å². The molecule has 0 spiro atoms. The van der Waals surface area contributed by atoms with E-state index in [1.165, 1.54) is 19.3 Å². The summed E-state index contributed by atoms with van der Waals surface area (Å²) in [5.41, 5.74) is 0.606. The molecular formula is C9H19NO. The van der Waals surface area contributed by atoms with Gasteiger partial charge < -0.3 is 10.4 Å². The molecule has 0 saturated heterocycles. The van der Waals surface area contributed by atoms with Gasteiger partial charge in [-0.3, -0.25) is 0 Å². The summed E-state index contributed by atoms with van der Waals surface area (Å²) in [4.78, 5) is 0. The van der Waals surface area contributed by atoms with Crippen LogP contribution < -0.4 is 5.32 Å². The summed E-state index contributed by atoms with van der Waals surface area (Å²) in [7, 11) is 0. The van der Waals surface area contributed by atoms with Crippen molar-refractivity contribution >= 4 is 0 Å². The lowest BCUT2D eigenvalue weighted by atomic mass is 10.0. The molecule has 0 bridgehead atoms. The highest BCUT2D eigenvalue weighted by atomic mass is 16.3. The molecule has 0 radical (unpaired) electrons. The van der Waals surface area contributed by atoms with Gasteiger partial charge in [0, 0.05) is 13.1 Å². The van der Waals surface area contributed by atoms with Crippen LogP contribution in [0.1, 0.15) is 33.1 Å². The molecule has 11 heavy (non-hydrogen) atoms. The number of aliphatic hydroxyl groups excluding tert-OH is 1. The highest BCUT2D eigenvalue weighted by molar-refractivity contribution is 4.93. The average molecular weight is 157 g/mol. The van der Waals surface area contributed by atoms with E-state index in [0.717, 1.165) is 13.1 Å². The van der Waals surface area contributed by atoms with Crippen molar-refractivity contribution in [1.82, 2.24) is 5.32 Å². The molecule has 0 unspecified atom stereocenters. The molecule has 0 heterocycles. The normalized spacial score (nSPS) is 23.2. The number of nitrogens with one attached hydrogen (secondary N) is 1. The Kier molecular flexibility index (Phi) is 2.90. The van der Waals surface area contributed by atoms with Crippen molar-refractivity contribution < 1.29 is 5.11 Å². The second-order valence-corrected chi connectivity index (χ2v) is 3.83. The van der Waals surface area contributed by atoms with Crippen LogP contribution in [0.3, 0.4) is 0 Å². The first kappa shape index (κ1) is 9.01. The summed E-state index contributed by atoms with van der Waals surface area (Å²) in [5.74, 6) is 0. The van der Waals surface area contributed by atoms with Crippen LogP contribution >= 0.6 is 0 Å². The van der Waals surface area contributed by atoms with Crippen LogP contribution in [0.5, 0.6) is 0 Å². The fourth-order valence-electron chi connectivity index (χ4n) is 1.38. The van der Waals surface area contributed by atoms with Gasteiger partial charge in [-0.1, -0.05) is 6.92 Å². The zero-order valence-corrected chi connectivity index (χ0v) is 7.56. The summed E-state index contributed by atoms with van der Waals surface area (Å²) >= 11 is 0. The Morgan fingerprint density at radius 3 is 2.55 bits per heavy atom. The molecule has 2 heteroatoms. The molecule has 1 fully saturated rings. The lowest BCUT2D eigenvalue weighted by Crippen LogP contribution is -2.30. The Balaban J connectivity index is 2.03. The van der Waals surface area contributed by atoms with E-state index in [0.29, 0.717) is 5.41 Å². The molecule has 1 rings (SSSR count). The van der Waals surface area contributed by atoms with E-state index in [1.54, 1.807) is 0 Å². The van der Waals surface area contributed by atoms with Gasteiger partial charge in [-0.25, -0.2) is 0 Å². The van der Waals surface area contributed by atoms with Crippen LogP contribution in [0.25, 0.3) is 0 Å². The monoisotopic (exact) mass is 157 g/mol. The fourth-order valence-corrected chi connectivity index (χ4v) is 1.38. The van der Waals surface area contributed by atoms with Crippen molar-refractivity contribution in [3.63, 3.8) is 0 Å². The Bertz CT molecular complexity index is 119. The summed E-state index contributed by atoms with van der Waals surface area (Å²) in [6, 6.07) is 0. The quantitative estimate of drug-likeness (QED) is 0.627. The Hall–Kier alpha value is -0.0800. The van der Waals surface area contributed by atoms with E-state index in [2.05, 4.69) is 12.2 Å². The van der Waals surface area contributed by atoms with Gasteiger partial charge in [0.05, 0.1) is 6.10 Å². The zero-order chi connectivity index (χ0) is 8.32. The van der Waals surface area contributed by atoms with Crippen molar-refractivity contribution in [2.24, 2.45) is 5.41 Å². The second-order valence-electron chi connectivity index (χ2n) is 3.83. The molecule has 1 saturated carbocycles. The molecule has 0 aliphatic heterocycles. The molecule has 1 atom stereocenters. The van der Waals surface area contributed by atoms with Gasteiger partial charge >= 0.3 is 0 Å². The summed E-state index contributed by atoms with van der Waals surface area (Å²) in [6.07, 6.45) is 3.81. The van der Waals surface area contributed by atoms with Gasteiger partial charge in [-0.2, -0.15) is 0 Å². The summed E-state index contributed by atoms with van der Waals surface area (Å²) in [5, 5.41) is 12.3. The standard InChI is InChI=1S/C9H19NO/c1-3-9(4-5-9)7-10-6-8(2)11/h8,10-11H,3-7H2,1-2H3/t8-/m1/s1. The molecule has 0 aromatic heterocycles. The summed E-state index contributed by atoms with van der Waals surface area (Å²) in [6.45, 7) is 5.89. The van der Waals surface area contributed by atoms with Crippen molar-refractivity contribution in [1.29, 1.82) is 0 Å². The van der Waals surface area contributed by atoms with E-state index in [4.69, 9.17) is 5.11 Å². The minimum absolute atomic E-state index is 0.206. The van der Waals surface area contributed by atoms with Gasteiger partial charge in [0.15, 0.2) is 0 Å². The summed E-state index contributed by atoms with van der Waals surface area (Å²) < 4.78 is 0. The molecule has 0 aromatic rings. The van der Waals surface area contributed by atoms with E-state index in [1.807, 2.05) is 6.92 Å². The van der Waals surface area contributed by atoms with Crippen molar-refractivity contribution in [3.05, 3.63) is 0 Å². The third-order valence-electron chi connectivity index (χ3n) is 2.65. The number of hydrogen-bond donors (Lipinski definition) is 2. The Morgan fingerprint density at radius 2 is 2.18 bits per heavy atom. The highest BCUT2D eigenvalue weighted by Crippen LogP contribution is 2.47. The lowest BCUT2D eigenvalue weighted by molar-refractivity contribution is 0.188. The van der Waals surface area contributed by atoms with Gasteiger partial charge in [-0.05, 0) is 31.6 Å². The minimum atomic E-state index is -0.206. The molecule has 2 nitrogen and oxygen atoms in total. The minimum Gasteiger partial charge on any atom is -0.392 e. The molecule has 66 valence electrons. The Morgan fingerprint density at radius 1 is 1.55 bits per heavy atom. The van der Waals surface area contributed by atoms with E-state index < -0.39 is 0 Å². The molecule has 0 aromatic carbocycles. The van der Waals surface area contributed by atoms with Crippen molar-refractivity contribution in [3.8, 4) is 0 Å². The second kappa shape index (κ2) is 3.55. The van der Waals surface area contributed by atoms with E-state index in [-0.39, 0.29) is 6.10 Å². The van der Waals surface area contributed by atoms with Gasteiger partial charge in [0.25, 0.3) is 0 Å². The van der Waals surface area contributed by atoms with Crippen molar-refractivity contribution in [2.75, 3.05) is 13.1 Å². The van der Waals surface area contributed by atoms with Crippen LogP contribution in [0.4, 0.5) is 0 Å². The zero-order valence-electron chi connectivity index (χ0n) is 7.56. The van der Waals surface area contributed by atoms with Crippen LogP contribution in [-0.4, -0.2) is 24.3 Å². The van der Waals surface area contributed by atoms with E-state index in [9.17, 15) is 0 Å². The Labute approximate surface area is 69.0 Å². The average Bonchev–Trinajstić information content (AvgIpc) is 2.69. The molecule has 2 N–H and O–H groups in total. The smallest absolute Gasteiger partial charge is 0.0636 e. The number of aliphatic hydroxyl groups is 1. The highest BCUT2D eigenvalue weighted by Gasteiger charge is 2.39. The van der Waals surface area contributed by atoms with Gasteiger partial charge in [0.1, 0.15) is 0 Å². The van der Waals surface area contributed by atoms with Crippen LogP contribution in [0.2, 0.25) is 0 Å². The van der Waals surface area contributed by atoms with Crippen molar-refractivity contribution in [2.45, 2.75) is 39.2 Å². The largest absolute Gasteiger partial charge is 0.392 e. The first-order chi connectivity index (χ1) is 5.18. The van der Waals surface area contributed by atoms with Crippen LogP contribution in [-0.2, 0) is 0 Å². The topological polar surface area (TPSA) is 32.3 Å². The third kappa shape index (κ3) is 2.80. The molecule has 1 aliphatic carbocycles. The number of hydrogen-bond acceptors (Lipinski definition) is 2. The van der Waals surface area contributed by atoms with Gasteiger partial charge in [-0.15, -0.1) is 0 Å². The first-order valence-electron chi connectivity index (χ1n) is 4.57. The lowest BCUT2D eigenvalue weighted by Gasteiger charge is -2.13. The number of rotatable bonds is 5. The maximum absolute atomic E-state index is 8.98. The van der Waals surface area contributed by atoms with Crippen LogP contribution in [0, 0.1) is 5.41 Å².